The van der Waals surface area contributed by atoms with Crippen LogP contribution in [0, 0.1) is 11.3 Å². The van der Waals surface area contributed by atoms with Gasteiger partial charge in [-0.25, -0.2) is 4.79 Å². The topological polar surface area (TPSA) is 55.4 Å². The highest BCUT2D eigenvalue weighted by Gasteiger charge is 2.33. The van der Waals surface area contributed by atoms with Gasteiger partial charge < -0.3 is 10.1 Å². The zero-order chi connectivity index (χ0) is 15.4. The molecule has 1 atom stereocenters. The Kier molecular flexibility index (Phi) is 6.04. The summed E-state index contributed by atoms with van der Waals surface area (Å²) in [5.74, 6) is -0.492. The van der Waals surface area contributed by atoms with Crippen molar-refractivity contribution in [2.24, 2.45) is 11.3 Å². The minimum Gasteiger partial charge on any atom is -0.458 e. The number of esters is 1. The third-order valence-electron chi connectivity index (χ3n) is 3.11. The molecule has 112 valence electrons. The Bertz CT molecular complexity index is 327. The Morgan fingerprint density at radius 3 is 1.89 bits per heavy atom. The van der Waals surface area contributed by atoms with Crippen molar-refractivity contribution in [2.75, 3.05) is 0 Å². The average Bonchev–Trinajstić information content (AvgIpc) is 2.22. The highest BCUT2D eigenvalue weighted by atomic mass is 16.6. The van der Waals surface area contributed by atoms with Gasteiger partial charge in [0, 0.05) is 5.41 Å². The molecule has 1 N–H and O–H groups in total. The molecule has 19 heavy (non-hydrogen) atoms. The number of carbonyl (C=O) groups excluding carboxylic acids is 2. The van der Waals surface area contributed by atoms with Crippen LogP contribution >= 0.6 is 0 Å². The Balaban J connectivity index is 4.86. The number of carbonyl (C=O) groups is 2. The molecule has 1 amide bonds. The van der Waals surface area contributed by atoms with Gasteiger partial charge in [-0.2, -0.15) is 0 Å². The van der Waals surface area contributed by atoms with Crippen LogP contribution < -0.4 is 5.32 Å². The zero-order valence-corrected chi connectivity index (χ0v) is 13.6. The summed E-state index contributed by atoms with van der Waals surface area (Å²) in [6.07, 6.45) is 0.720. The summed E-state index contributed by atoms with van der Waals surface area (Å²) in [6, 6.07) is -0.599. The lowest BCUT2D eigenvalue weighted by molar-refractivity contribution is -0.160. The van der Waals surface area contributed by atoms with Gasteiger partial charge in [0.25, 0.3) is 0 Å². The molecule has 0 heterocycles. The van der Waals surface area contributed by atoms with Crippen LogP contribution in [-0.4, -0.2) is 23.5 Å². The fourth-order valence-electron chi connectivity index (χ4n) is 1.36. The minimum atomic E-state index is -0.599. The van der Waals surface area contributed by atoms with E-state index >= 15 is 0 Å². The van der Waals surface area contributed by atoms with E-state index in [9.17, 15) is 9.59 Å². The Morgan fingerprint density at radius 1 is 1.11 bits per heavy atom. The molecule has 0 saturated carbocycles. The summed E-state index contributed by atoms with van der Waals surface area (Å²) in [7, 11) is 0. The van der Waals surface area contributed by atoms with Gasteiger partial charge in [0.05, 0.1) is 0 Å². The third-order valence-corrected chi connectivity index (χ3v) is 3.11. The lowest BCUT2D eigenvalue weighted by Gasteiger charge is -2.29. The molecule has 0 aliphatic heterocycles. The van der Waals surface area contributed by atoms with E-state index in [4.69, 9.17) is 4.74 Å². The maximum Gasteiger partial charge on any atom is 0.329 e. The monoisotopic (exact) mass is 271 g/mol. The summed E-state index contributed by atoms with van der Waals surface area (Å²) in [4.78, 5) is 24.3. The maximum atomic E-state index is 12.2. The summed E-state index contributed by atoms with van der Waals surface area (Å²) in [5.41, 5.74) is -1.02. The van der Waals surface area contributed by atoms with Gasteiger partial charge in [0.1, 0.15) is 11.6 Å². The molecule has 0 spiro atoms. The van der Waals surface area contributed by atoms with Crippen LogP contribution in [0.4, 0.5) is 0 Å². The number of ether oxygens (including phenoxy) is 1. The van der Waals surface area contributed by atoms with E-state index in [-0.39, 0.29) is 17.8 Å². The maximum absolute atomic E-state index is 12.2. The first-order chi connectivity index (χ1) is 8.40. The number of nitrogens with one attached hydrogen (secondary N) is 1. The van der Waals surface area contributed by atoms with Crippen LogP contribution in [0.1, 0.15) is 61.8 Å². The Hall–Kier alpha value is -1.06. The molecule has 0 rings (SSSR count). The van der Waals surface area contributed by atoms with E-state index in [1.54, 1.807) is 0 Å². The lowest BCUT2D eigenvalue weighted by Crippen LogP contribution is -2.50. The van der Waals surface area contributed by atoms with Crippen molar-refractivity contribution in [2.45, 2.75) is 73.5 Å². The van der Waals surface area contributed by atoms with Crippen LogP contribution in [0.2, 0.25) is 0 Å². The summed E-state index contributed by atoms with van der Waals surface area (Å²) in [5, 5.41) is 2.82. The lowest BCUT2D eigenvalue weighted by atomic mass is 9.88. The van der Waals surface area contributed by atoms with E-state index in [0.717, 1.165) is 6.42 Å². The molecule has 0 aromatic heterocycles. The number of hydrogen-bond acceptors (Lipinski definition) is 3. The first-order valence-electron chi connectivity index (χ1n) is 6.94. The normalized spacial score (nSPS) is 14.2. The van der Waals surface area contributed by atoms with E-state index in [1.165, 1.54) is 0 Å². The van der Waals surface area contributed by atoms with Crippen LogP contribution in [0.25, 0.3) is 0 Å². The molecule has 0 aliphatic carbocycles. The summed E-state index contributed by atoms with van der Waals surface area (Å²) >= 11 is 0. The highest BCUT2D eigenvalue weighted by Crippen LogP contribution is 2.21. The van der Waals surface area contributed by atoms with Crippen molar-refractivity contribution in [1.82, 2.24) is 5.32 Å². The molecule has 0 radical (unpaired) electrons. The first kappa shape index (κ1) is 17.9. The van der Waals surface area contributed by atoms with Crippen LogP contribution in [-0.2, 0) is 14.3 Å². The summed E-state index contributed by atoms with van der Waals surface area (Å²) < 4.78 is 5.35. The Labute approximate surface area is 117 Å². The fraction of sp³-hybridized carbons (Fsp3) is 0.867. The minimum absolute atomic E-state index is 0.00791. The predicted octanol–water partition coefficient (Wildman–Crippen LogP) is 2.91. The van der Waals surface area contributed by atoms with Gasteiger partial charge in [0.2, 0.25) is 5.91 Å². The quantitative estimate of drug-likeness (QED) is 0.782. The molecule has 0 saturated heterocycles. The van der Waals surface area contributed by atoms with Gasteiger partial charge in [-0.15, -0.1) is 0 Å². The second-order valence-corrected chi connectivity index (χ2v) is 6.97. The third kappa shape index (κ3) is 6.08. The molecule has 4 heteroatoms. The van der Waals surface area contributed by atoms with Crippen molar-refractivity contribution < 1.29 is 14.3 Å². The summed E-state index contributed by atoms with van der Waals surface area (Å²) in [6.45, 7) is 14.9. The van der Waals surface area contributed by atoms with E-state index < -0.39 is 17.1 Å². The van der Waals surface area contributed by atoms with Gasteiger partial charge in [-0.3, -0.25) is 4.79 Å². The van der Waals surface area contributed by atoms with Gasteiger partial charge in [0.15, 0.2) is 0 Å². The Morgan fingerprint density at radius 2 is 1.58 bits per heavy atom. The SMILES string of the molecule is CCC(C)(C)C(=O)N[C@@H](C(=O)OC(C)(C)C)C(C)C. The molecule has 0 aromatic carbocycles. The smallest absolute Gasteiger partial charge is 0.329 e. The van der Waals surface area contributed by atoms with Crippen LogP contribution in [0.15, 0.2) is 0 Å². The van der Waals surface area contributed by atoms with Crippen molar-refractivity contribution >= 4 is 11.9 Å². The van der Waals surface area contributed by atoms with Gasteiger partial charge in [-0.05, 0) is 33.1 Å². The molecule has 0 bridgehead atoms. The number of hydrogen-bond donors (Lipinski definition) is 1. The largest absolute Gasteiger partial charge is 0.458 e. The van der Waals surface area contributed by atoms with Crippen LogP contribution in [0.5, 0.6) is 0 Å². The van der Waals surface area contributed by atoms with Crippen molar-refractivity contribution in [3.05, 3.63) is 0 Å². The molecule has 0 unspecified atom stereocenters. The zero-order valence-electron chi connectivity index (χ0n) is 13.6. The average molecular weight is 271 g/mol. The van der Waals surface area contributed by atoms with Gasteiger partial charge in [-0.1, -0.05) is 34.6 Å². The molecule has 0 aliphatic rings. The second kappa shape index (κ2) is 6.40. The van der Waals surface area contributed by atoms with Crippen molar-refractivity contribution in [1.29, 1.82) is 0 Å². The molecule has 0 aromatic rings. The van der Waals surface area contributed by atoms with E-state index in [0.29, 0.717) is 0 Å². The van der Waals surface area contributed by atoms with E-state index in [2.05, 4.69) is 5.32 Å². The number of rotatable bonds is 5. The molecule has 4 nitrogen and oxygen atoms in total. The van der Waals surface area contributed by atoms with Crippen LogP contribution in [0.3, 0.4) is 0 Å². The molecular weight excluding hydrogens is 242 g/mol. The molecular formula is C15H29NO3. The van der Waals surface area contributed by atoms with Gasteiger partial charge >= 0.3 is 5.97 Å². The van der Waals surface area contributed by atoms with E-state index in [1.807, 2.05) is 55.4 Å². The first-order valence-corrected chi connectivity index (χ1v) is 6.94. The predicted molar refractivity (Wildman–Crippen MR) is 76.7 cm³/mol. The molecule has 0 fully saturated rings. The standard InChI is InChI=1S/C15H29NO3/c1-9-15(7,8)13(18)16-11(10(2)3)12(17)19-14(4,5)6/h10-11H,9H2,1-8H3,(H,16,18)/t11-/m1/s1. The highest BCUT2D eigenvalue weighted by molar-refractivity contribution is 5.87. The second-order valence-electron chi connectivity index (χ2n) is 6.97. The van der Waals surface area contributed by atoms with Crippen molar-refractivity contribution in [3.8, 4) is 0 Å². The number of amides is 1. The van der Waals surface area contributed by atoms with Crippen molar-refractivity contribution in [3.63, 3.8) is 0 Å². The fourth-order valence-corrected chi connectivity index (χ4v) is 1.36.